The lowest BCUT2D eigenvalue weighted by molar-refractivity contribution is -0.270. The standard InChI is InChI=1S/C15H30N2O2/c1-13(2,3)17(14(4,5)6)18-11-12(10-16)19-15(7,8)9/h12H,11H2,1-9H3. The lowest BCUT2D eigenvalue weighted by atomic mass is 10.00. The predicted molar refractivity (Wildman–Crippen MR) is 77.5 cm³/mol. The maximum atomic E-state index is 9.13. The molecule has 0 aromatic rings. The van der Waals surface area contributed by atoms with Crippen molar-refractivity contribution >= 4 is 0 Å². The van der Waals surface area contributed by atoms with Crippen LogP contribution in [0.3, 0.4) is 0 Å². The second-order valence-electron chi connectivity index (χ2n) is 7.78. The van der Waals surface area contributed by atoms with Gasteiger partial charge in [0.1, 0.15) is 6.61 Å². The van der Waals surface area contributed by atoms with Crippen LogP contribution in [-0.2, 0) is 9.57 Å². The summed E-state index contributed by atoms with van der Waals surface area (Å²) in [7, 11) is 0. The summed E-state index contributed by atoms with van der Waals surface area (Å²) in [6, 6.07) is 2.14. The fraction of sp³-hybridized carbons (Fsp3) is 0.933. The van der Waals surface area contributed by atoms with Crippen molar-refractivity contribution < 1.29 is 9.57 Å². The monoisotopic (exact) mass is 270 g/mol. The van der Waals surface area contributed by atoms with Crippen LogP contribution in [0.25, 0.3) is 0 Å². The Morgan fingerprint density at radius 2 is 1.37 bits per heavy atom. The van der Waals surface area contributed by atoms with E-state index >= 15 is 0 Å². The average Bonchev–Trinajstić information content (AvgIpc) is 2.09. The Morgan fingerprint density at radius 1 is 0.947 bits per heavy atom. The Labute approximate surface area is 118 Å². The molecule has 0 aromatic heterocycles. The molecular formula is C15H30N2O2. The fourth-order valence-electron chi connectivity index (χ4n) is 2.06. The Hall–Kier alpha value is -0.630. The molecule has 0 spiro atoms. The highest BCUT2D eigenvalue weighted by Crippen LogP contribution is 2.25. The van der Waals surface area contributed by atoms with Gasteiger partial charge >= 0.3 is 0 Å². The third-order valence-corrected chi connectivity index (χ3v) is 2.21. The van der Waals surface area contributed by atoms with Gasteiger partial charge in [-0.3, -0.25) is 4.84 Å². The van der Waals surface area contributed by atoms with Crippen molar-refractivity contribution in [2.45, 2.75) is 85.1 Å². The second kappa shape index (κ2) is 6.21. The first-order valence-electron chi connectivity index (χ1n) is 6.78. The van der Waals surface area contributed by atoms with Gasteiger partial charge in [0.25, 0.3) is 0 Å². The minimum atomic E-state index is -0.563. The molecule has 0 N–H and O–H groups in total. The highest BCUT2D eigenvalue weighted by molar-refractivity contribution is 4.87. The van der Waals surface area contributed by atoms with Gasteiger partial charge in [-0.2, -0.15) is 10.3 Å². The highest BCUT2D eigenvalue weighted by atomic mass is 16.7. The molecule has 0 amide bonds. The van der Waals surface area contributed by atoms with Crippen LogP contribution in [0.5, 0.6) is 0 Å². The van der Waals surface area contributed by atoms with Crippen molar-refractivity contribution in [1.29, 1.82) is 5.26 Å². The topological polar surface area (TPSA) is 45.5 Å². The number of ether oxygens (including phenoxy) is 1. The summed E-state index contributed by atoms with van der Waals surface area (Å²) in [5.41, 5.74) is -0.627. The van der Waals surface area contributed by atoms with Gasteiger partial charge < -0.3 is 4.74 Å². The van der Waals surface area contributed by atoms with Gasteiger partial charge in [-0.1, -0.05) is 0 Å². The largest absolute Gasteiger partial charge is 0.355 e. The summed E-state index contributed by atoms with van der Waals surface area (Å²) in [4.78, 5) is 5.86. The number of hydroxylamine groups is 2. The highest BCUT2D eigenvalue weighted by Gasteiger charge is 2.33. The van der Waals surface area contributed by atoms with Crippen LogP contribution in [0.1, 0.15) is 62.3 Å². The van der Waals surface area contributed by atoms with Gasteiger partial charge in [0.15, 0.2) is 6.10 Å². The zero-order valence-electron chi connectivity index (χ0n) is 14.0. The summed E-state index contributed by atoms with van der Waals surface area (Å²) in [6.07, 6.45) is -0.563. The molecule has 0 fully saturated rings. The lowest BCUT2D eigenvalue weighted by Gasteiger charge is -2.44. The van der Waals surface area contributed by atoms with Gasteiger partial charge in [0.05, 0.1) is 11.7 Å². The van der Waals surface area contributed by atoms with E-state index in [1.165, 1.54) is 0 Å². The van der Waals surface area contributed by atoms with Gasteiger partial charge in [0, 0.05) is 11.1 Å². The summed E-state index contributed by atoms with van der Waals surface area (Å²) < 4.78 is 5.65. The molecule has 0 rings (SSSR count). The van der Waals surface area contributed by atoms with Crippen molar-refractivity contribution in [3.63, 3.8) is 0 Å². The van der Waals surface area contributed by atoms with E-state index in [0.29, 0.717) is 0 Å². The van der Waals surface area contributed by atoms with E-state index in [1.54, 1.807) is 0 Å². The molecule has 0 heterocycles. The van der Waals surface area contributed by atoms with E-state index in [1.807, 2.05) is 25.8 Å². The average molecular weight is 270 g/mol. The molecule has 0 aliphatic heterocycles. The van der Waals surface area contributed by atoms with Gasteiger partial charge in [-0.05, 0) is 62.3 Å². The van der Waals surface area contributed by atoms with Gasteiger partial charge in [0.2, 0.25) is 0 Å². The van der Waals surface area contributed by atoms with Crippen molar-refractivity contribution in [3.05, 3.63) is 0 Å². The van der Waals surface area contributed by atoms with Crippen LogP contribution < -0.4 is 0 Å². The summed E-state index contributed by atoms with van der Waals surface area (Å²) in [5, 5.41) is 11.1. The van der Waals surface area contributed by atoms with E-state index in [-0.39, 0.29) is 23.3 Å². The maximum Gasteiger partial charge on any atom is 0.169 e. The van der Waals surface area contributed by atoms with Crippen molar-refractivity contribution in [2.75, 3.05) is 6.61 Å². The van der Waals surface area contributed by atoms with Crippen molar-refractivity contribution in [2.24, 2.45) is 0 Å². The molecule has 0 saturated carbocycles. The van der Waals surface area contributed by atoms with E-state index in [0.717, 1.165) is 0 Å². The fourth-order valence-corrected chi connectivity index (χ4v) is 2.06. The Bertz CT molecular complexity index is 299. The molecule has 0 aromatic carbocycles. The Kier molecular flexibility index (Phi) is 6.01. The van der Waals surface area contributed by atoms with Crippen molar-refractivity contribution in [3.8, 4) is 6.07 Å². The zero-order chi connectivity index (χ0) is 15.5. The molecule has 1 unspecified atom stereocenters. The molecule has 19 heavy (non-hydrogen) atoms. The van der Waals surface area contributed by atoms with Crippen LogP contribution in [0.15, 0.2) is 0 Å². The quantitative estimate of drug-likeness (QED) is 0.733. The van der Waals surface area contributed by atoms with Crippen molar-refractivity contribution in [1.82, 2.24) is 5.06 Å². The van der Waals surface area contributed by atoms with E-state index < -0.39 is 6.10 Å². The molecule has 0 saturated heterocycles. The molecule has 0 aliphatic rings. The first kappa shape index (κ1) is 18.4. The first-order valence-corrected chi connectivity index (χ1v) is 6.78. The summed E-state index contributed by atoms with van der Waals surface area (Å²) in [6.45, 7) is 18.6. The molecule has 0 radical (unpaired) electrons. The number of rotatable bonds is 4. The molecular weight excluding hydrogens is 240 g/mol. The number of hydrogen-bond donors (Lipinski definition) is 0. The third-order valence-electron chi connectivity index (χ3n) is 2.21. The predicted octanol–water partition coefficient (Wildman–Crippen LogP) is 3.52. The normalized spacial score (nSPS) is 15.4. The maximum absolute atomic E-state index is 9.13. The second-order valence-corrected chi connectivity index (χ2v) is 7.78. The smallest absolute Gasteiger partial charge is 0.169 e. The first-order chi connectivity index (χ1) is 8.27. The van der Waals surface area contributed by atoms with E-state index in [4.69, 9.17) is 14.8 Å². The summed E-state index contributed by atoms with van der Waals surface area (Å²) in [5.74, 6) is 0. The Morgan fingerprint density at radius 3 is 1.63 bits per heavy atom. The lowest BCUT2D eigenvalue weighted by Crippen LogP contribution is -2.53. The number of nitrogens with zero attached hydrogens (tertiary/aromatic N) is 2. The van der Waals surface area contributed by atoms with Crippen LogP contribution in [0.2, 0.25) is 0 Å². The molecule has 112 valence electrons. The van der Waals surface area contributed by atoms with E-state index in [9.17, 15) is 0 Å². The number of hydrogen-bond acceptors (Lipinski definition) is 4. The van der Waals surface area contributed by atoms with Crippen LogP contribution in [-0.4, -0.2) is 34.5 Å². The molecule has 4 nitrogen and oxygen atoms in total. The zero-order valence-corrected chi connectivity index (χ0v) is 14.0. The third kappa shape index (κ3) is 7.51. The molecule has 0 bridgehead atoms. The SMILES string of the molecule is CC(C)(C)OC(C#N)CON(C(C)(C)C)C(C)(C)C. The van der Waals surface area contributed by atoms with E-state index in [2.05, 4.69) is 47.6 Å². The molecule has 4 heteroatoms. The van der Waals surface area contributed by atoms with Crippen LogP contribution in [0.4, 0.5) is 0 Å². The van der Waals surface area contributed by atoms with Crippen LogP contribution >= 0.6 is 0 Å². The minimum Gasteiger partial charge on any atom is -0.355 e. The minimum absolute atomic E-state index is 0.139. The van der Waals surface area contributed by atoms with Crippen LogP contribution in [0, 0.1) is 11.3 Å². The number of nitriles is 1. The Balaban J connectivity index is 4.69. The van der Waals surface area contributed by atoms with Gasteiger partial charge in [-0.25, -0.2) is 0 Å². The molecule has 0 aliphatic carbocycles. The summed E-state index contributed by atoms with van der Waals surface area (Å²) >= 11 is 0. The molecule has 1 atom stereocenters. The van der Waals surface area contributed by atoms with Gasteiger partial charge in [-0.15, -0.1) is 0 Å².